The van der Waals surface area contributed by atoms with Crippen molar-refractivity contribution in [1.29, 1.82) is 0 Å². The lowest BCUT2D eigenvalue weighted by atomic mass is 9.89. The quantitative estimate of drug-likeness (QED) is 0.830. The second kappa shape index (κ2) is 4.21. The fourth-order valence-corrected chi connectivity index (χ4v) is 2.76. The molecule has 2 aromatic rings. The molecule has 1 aromatic heterocycles. The lowest BCUT2D eigenvalue weighted by molar-refractivity contribution is 0.428. The molecular formula is C13H13ClN2O2. The highest BCUT2D eigenvalue weighted by Gasteiger charge is 2.21. The van der Waals surface area contributed by atoms with Crippen molar-refractivity contribution in [3.05, 3.63) is 28.3 Å². The van der Waals surface area contributed by atoms with Crippen LogP contribution in [0.5, 0.6) is 5.75 Å². The van der Waals surface area contributed by atoms with Gasteiger partial charge >= 0.3 is 0 Å². The second-order valence-electron chi connectivity index (χ2n) is 4.55. The number of aromatic nitrogens is 1. The summed E-state index contributed by atoms with van der Waals surface area (Å²) in [5.74, 6) is 0.784. The van der Waals surface area contributed by atoms with Crippen LogP contribution in [0.1, 0.15) is 24.0 Å². The van der Waals surface area contributed by atoms with Gasteiger partial charge < -0.3 is 15.4 Å². The van der Waals surface area contributed by atoms with Crippen molar-refractivity contribution in [2.45, 2.75) is 25.7 Å². The van der Waals surface area contributed by atoms with Crippen molar-refractivity contribution in [3.63, 3.8) is 0 Å². The predicted octanol–water partition coefficient (Wildman–Crippen LogP) is 3.16. The molecule has 0 atom stereocenters. The third-order valence-corrected chi connectivity index (χ3v) is 3.76. The molecule has 1 heterocycles. The van der Waals surface area contributed by atoms with Gasteiger partial charge in [0, 0.05) is 6.07 Å². The van der Waals surface area contributed by atoms with E-state index in [4.69, 9.17) is 21.9 Å². The van der Waals surface area contributed by atoms with E-state index in [0.29, 0.717) is 22.2 Å². The van der Waals surface area contributed by atoms with E-state index in [1.807, 2.05) is 6.07 Å². The van der Waals surface area contributed by atoms with Gasteiger partial charge in [-0.2, -0.15) is 0 Å². The number of hydrogen-bond acceptors (Lipinski definition) is 4. The summed E-state index contributed by atoms with van der Waals surface area (Å²) in [4.78, 5) is 0. The van der Waals surface area contributed by atoms with E-state index in [0.717, 1.165) is 31.2 Å². The van der Waals surface area contributed by atoms with Crippen molar-refractivity contribution in [2.24, 2.45) is 0 Å². The largest absolute Gasteiger partial charge is 0.506 e. The maximum absolute atomic E-state index is 10.2. The number of aromatic hydroxyl groups is 1. The van der Waals surface area contributed by atoms with Crippen LogP contribution in [0.2, 0.25) is 5.02 Å². The van der Waals surface area contributed by atoms with Gasteiger partial charge in [0.25, 0.3) is 0 Å². The Morgan fingerprint density at radius 1 is 1.28 bits per heavy atom. The summed E-state index contributed by atoms with van der Waals surface area (Å²) in [5, 5.41) is 14.2. The minimum Gasteiger partial charge on any atom is -0.506 e. The first-order valence-corrected chi connectivity index (χ1v) is 6.30. The topological polar surface area (TPSA) is 72.3 Å². The summed E-state index contributed by atoms with van der Waals surface area (Å²) >= 11 is 6.23. The molecule has 1 aliphatic carbocycles. The van der Waals surface area contributed by atoms with E-state index in [9.17, 15) is 5.11 Å². The molecule has 3 rings (SSSR count). The maximum atomic E-state index is 10.2. The Hall–Kier alpha value is -1.68. The molecule has 0 fully saturated rings. The number of nitrogen functional groups attached to an aromatic ring is 1. The van der Waals surface area contributed by atoms with Gasteiger partial charge in [0.2, 0.25) is 0 Å². The summed E-state index contributed by atoms with van der Waals surface area (Å²) in [7, 11) is 0. The SMILES string of the molecule is Nc1cc(-c2cc3c(c(Cl)c2O)CCCC3)on1. The van der Waals surface area contributed by atoms with Crippen LogP contribution in [0.25, 0.3) is 11.3 Å². The number of hydrogen-bond donors (Lipinski definition) is 2. The minimum absolute atomic E-state index is 0.0495. The zero-order valence-electron chi connectivity index (χ0n) is 9.74. The molecular weight excluding hydrogens is 252 g/mol. The van der Waals surface area contributed by atoms with E-state index in [2.05, 4.69) is 5.16 Å². The molecule has 0 bridgehead atoms. The maximum Gasteiger partial charge on any atom is 0.172 e. The number of nitrogens with zero attached hydrogens (tertiary/aromatic N) is 1. The summed E-state index contributed by atoms with van der Waals surface area (Å²) in [5.41, 5.74) is 8.31. The highest BCUT2D eigenvalue weighted by Crippen LogP contribution is 2.42. The molecule has 0 radical (unpaired) electrons. The third-order valence-electron chi connectivity index (χ3n) is 3.35. The van der Waals surface area contributed by atoms with Gasteiger partial charge in [0.15, 0.2) is 11.6 Å². The monoisotopic (exact) mass is 264 g/mol. The molecule has 0 saturated carbocycles. The Kier molecular flexibility index (Phi) is 2.67. The Morgan fingerprint density at radius 2 is 2.06 bits per heavy atom. The first-order chi connectivity index (χ1) is 8.66. The first kappa shape index (κ1) is 11.4. The van der Waals surface area contributed by atoms with Crippen molar-refractivity contribution in [1.82, 2.24) is 5.16 Å². The molecule has 0 amide bonds. The smallest absolute Gasteiger partial charge is 0.172 e. The number of halogens is 1. The lowest BCUT2D eigenvalue weighted by Crippen LogP contribution is -2.04. The summed E-state index contributed by atoms with van der Waals surface area (Å²) < 4.78 is 5.08. The number of phenolic OH excluding ortho intramolecular Hbond substituents is 1. The van der Waals surface area contributed by atoms with Crippen LogP contribution in [0.4, 0.5) is 5.82 Å². The highest BCUT2D eigenvalue weighted by atomic mass is 35.5. The first-order valence-electron chi connectivity index (χ1n) is 5.92. The second-order valence-corrected chi connectivity index (χ2v) is 4.93. The zero-order valence-corrected chi connectivity index (χ0v) is 10.5. The Labute approximate surface area is 109 Å². The molecule has 5 heteroatoms. The van der Waals surface area contributed by atoms with Gasteiger partial charge in [0.05, 0.1) is 10.6 Å². The molecule has 0 saturated heterocycles. The fourth-order valence-electron chi connectivity index (χ4n) is 2.45. The normalized spacial score (nSPS) is 14.5. The molecule has 94 valence electrons. The van der Waals surface area contributed by atoms with E-state index in [1.165, 1.54) is 5.56 Å². The average molecular weight is 265 g/mol. The number of rotatable bonds is 1. The number of fused-ring (bicyclic) bond motifs is 1. The van der Waals surface area contributed by atoms with Crippen LogP contribution < -0.4 is 5.73 Å². The number of nitrogens with two attached hydrogens (primary N) is 1. The van der Waals surface area contributed by atoms with Crippen LogP contribution >= 0.6 is 11.6 Å². The van der Waals surface area contributed by atoms with Gasteiger partial charge in [-0.25, -0.2) is 0 Å². The van der Waals surface area contributed by atoms with E-state index < -0.39 is 0 Å². The summed E-state index contributed by atoms with van der Waals surface area (Å²) in [6, 6.07) is 3.51. The van der Waals surface area contributed by atoms with Gasteiger partial charge in [-0.1, -0.05) is 16.8 Å². The zero-order chi connectivity index (χ0) is 12.7. The Bertz CT molecular complexity index is 607. The number of phenols is 1. The Balaban J connectivity index is 2.18. The van der Waals surface area contributed by atoms with Gasteiger partial charge in [-0.05, 0) is 42.9 Å². The van der Waals surface area contributed by atoms with Gasteiger partial charge in [-0.3, -0.25) is 0 Å². The Morgan fingerprint density at radius 3 is 2.78 bits per heavy atom. The van der Waals surface area contributed by atoms with Crippen LogP contribution in [0.15, 0.2) is 16.7 Å². The minimum atomic E-state index is 0.0495. The van der Waals surface area contributed by atoms with Crippen LogP contribution in [0.3, 0.4) is 0 Å². The summed E-state index contributed by atoms with van der Waals surface area (Å²) in [6.45, 7) is 0. The molecule has 0 spiro atoms. The molecule has 4 nitrogen and oxygen atoms in total. The van der Waals surface area contributed by atoms with Gasteiger partial charge in [0.1, 0.15) is 5.75 Å². The average Bonchev–Trinajstić information content (AvgIpc) is 2.80. The van der Waals surface area contributed by atoms with Crippen molar-refractivity contribution >= 4 is 17.4 Å². The van der Waals surface area contributed by atoms with Crippen LogP contribution in [0, 0.1) is 0 Å². The van der Waals surface area contributed by atoms with Crippen LogP contribution in [-0.4, -0.2) is 10.3 Å². The highest BCUT2D eigenvalue weighted by molar-refractivity contribution is 6.33. The van der Waals surface area contributed by atoms with Gasteiger partial charge in [-0.15, -0.1) is 0 Å². The van der Waals surface area contributed by atoms with E-state index >= 15 is 0 Å². The molecule has 3 N–H and O–H groups in total. The van der Waals surface area contributed by atoms with E-state index in [1.54, 1.807) is 6.07 Å². The fraction of sp³-hybridized carbons (Fsp3) is 0.308. The molecule has 18 heavy (non-hydrogen) atoms. The molecule has 0 unspecified atom stereocenters. The third kappa shape index (κ3) is 1.73. The molecule has 0 aliphatic heterocycles. The number of aryl methyl sites for hydroxylation is 1. The summed E-state index contributed by atoms with van der Waals surface area (Å²) in [6.07, 6.45) is 4.15. The van der Waals surface area contributed by atoms with Crippen molar-refractivity contribution in [3.8, 4) is 17.1 Å². The molecule has 1 aromatic carbocycles. The van der Waals surface area contributed by atoms with Crippen molar-refractivity contribution in [2.75, 3.05) is 5.73 Å². The van der Waals surface area contributed by atoms with Crippen LogP contribution in [-0.2, 0) is 12.8 Å². The lowest BCUT2D eigenvalue weighted by Gasteiger charge is -2.19. The van der Waals surface area contributed by atoms with E-state index in [-0.39, 0.29) is 5.75 Å². The number of anilines is 1. The predicted molar refractivity (Wildman–Crippen MR) is 69.7 cm³/mol. The number of benzene rings is 1. The molecule has 1 aliphatic rings. The van der Waals surface area contributed by atoms with Crippen molar-refractivity contribution < 1.29 is 9.63 Å². The standard InChI is InChI=1S/C13H13ClN2O2/c14-12-8-4-2-1-3-7(8)5-9(13(12)17)10-6-11(15)16-18-10/h5-6,17H,1-4H2,(H2,15,16).